The van der Waals surface area contributed by atoms with E-state index in [0.717, 1.165) is 35.1 Å². The summed E-state index contributed by atoms with van der Waals surface area (Å²) in [5.74, 6) is -0.0645. The molecule has 132 valence electrons. The van der Waals surface area contributed by atoms with Gasteiger partial charge in [-0.2, -0.15) is 0 Å². The Morgan fingerprint density at radius 2 is 2.32 bits per heavy atom. The van der Waals surface area contributed by atoms with E-state index in [4.69, 9.17) is 4.74 Å². The van der Waals surface area contributed by atoms with E-state index in [2.05, 4.69) is 20.4 Å². The van der Waals surface area contributed by atoms with Crippen molar-refractivity contribution in [1.29, 1.82) is 0 Å². The quantitative estimate of drug-likeness (QED) is 0.684. The van der Waals surface area contributed by atoms with Crippen molar-refractivity contribution in [2.75, 3.05) is 13.2 Å². The number of carbonyl (C=O) groups excluding carboxylic acids is 1. The van der Waals surface area contributed by atoms with Crippen molar-refractivity contribution in [2.24, 2.45) is 0 Å². The molecule has 0 bridgehead atoms. The lowest BCUT2D eigenvalue weighted by molar-refractivity contribution is 0.0756. The second-order valence-electron chi connectivity index (χ2n) is 6.51. The molecule has 3 heterocycles. The zero-order valence-corrected chi connectivity index (χ0v) is 15.2. The van der Waals surface area contributed by atoms with Crippen molar-refractivity contribution >= 4 is 33.1 Å². The van der Waals surface area contributed by atoms with Gasteiger partial charge in [-0.05, 0) is 45.1 Å². The molecule has 1 aliphatic carbocycles. The van der Waals surface area contributed by atoms with Gasteiger partial charge in [0, 0.05) is 18.0 Å². The van der Waals surface area contributed by atoms with Crippen LogP contribution in [0.15, 0.2) is 6.33 Å². The van der Waals surface area contributed by atoms with Crippen LogP contribution in [0.2, 0.25) is 0 Å². The molecule has 0 fully saturated rings. The summed E-state index contributed by atoms with van der Waals surface area (Å²) in [5, 5.41) is 8.22. The van der Waals surface area contributed by atoms with Crippen molar-refractivity contribution in [1.82, 2.24) is 24.9 Å². The highest BCUT2D eigenvalue weighted by Crippen LogP contribution is 2.37. The number of hydrogen-bond acceptors (Lipinski definition) is 6. The summed E-state index contributed by atoms with van der Waals surface area (Å²) in [6, 6.07) is 0. The SMILES string of the molecule is CC(C)OCCCNC(=O)c1nc2c3c4c(sc3ncn2n1)CCC4. The van der Waals surface area contributed by atoms with E-state index in [1.54, 1.807) is 22.2 Å². The fourth-order valence-corrected chi connectivity index (χ4v) is 4.38. The number of amides is 1. The molecule has 8 heteroatoms. The Hall–Kier alpha value is -2.06. The van der Waals surface area contributed by atoms with E-state index in [-0.39, 0.29) is 17.8 Å². The van der Waals surface area contributed by atoms with Gasteiger partial charge in [-0.25, -0.2) is 14.5 Å². The number of rotatable bonds is 6. The Balaban J connectivity index is 1.53. The Labute approximate surface area is 149 Å². The molecule has 25 heavy (non-hydrogen) atoms. The third kappa shape index (κ3) is 3.11. The number of thiophene rings is 1. The Morgan fingerprint density at radius 3 is 3.16 bits per heavy atom. The first-order valence-corrected chi connectivity index (χ1v) is 9.50. The molecule has 0 saturated heterocycles. The highest BCUT2D eigenvalue weighted by atomic mass is 32.1. The Bertz CT molecular complexity index is 930. The van der Waals surface area contributed by atoms with Crippen LogP contribution >= 0.6 is 11.3 Å². The van der Waals surface area contributed by atoms with Crippen molar-refractivity contribution < 1.29 is 9.53 Å². The summed E-state index contributed by atoms with van der Waals surface area (Å²) < 4.78 is 7.08. The molecule has 1 N–H and O–H groups in total. The van der Waals surface area contributed by atoms with Gasteiger partial charge in [0.25, 0.3) is 5.91 Å². The first-order chi connectivity index (χ1) is 12.1. The van der Waals surface area contributed by atoms with Crippen molar-refractivity contribution in [3.8, 4) is 0 Å². The standard InChI is InChI=1S/C17H21N5O2S/c1-10(2)24-8-4-7-18-16(23)14-20-15-13-11-5-3-6-12(11)25-17(13)19-9-22(15)21-14/h9-10H,3-8H2,1-2H3,(H,18,23). The van der Waals surface area contributed by atoms with Crippen molar-refractivity contribution in [2.45, 2.75) is 45.6 Å². The monoisotopic (exact) mass is 359 g/mol. The molecule has 1 aliphatic rings. The number of fused-ring (bicyclic) bond motifs is 5. The van der Waals surface area contributed by atoms with Gasteiger partial charge in [0.1, 0.15) is 11.2 Å². The lowest BCUT2D eigenvalue weighted by atomic mass is 10.2. The van der Waals surface area contributed by atoms with E-state index in [1.807, 2.05) is 13.8 Å². The molecule has 7 nitrogen and oxygen atoms in total. The van der Waals surface area contributed by atoms with Crippen LogP contribution in [0.4, 0.5) is 0 Å². The fourth-order valence-electron chi connectivity index (χ4n) is 3.16. The fraction of sp³-hybridized carbons (Fsp3) is 0.529. The number of aryl methyl sites for hydroxylation is 2. The van der Waals surface area contributed by atoms with Crippen LogP contribution in [-0.4, -0.2) is 44.7 Å². The number of ether oxygens (including phenoxy) is 1. The second kappa shape index (κ2) is 6.68. The number of aromatic nitrogens is 4. The summed E-state index contributed by atoms with van der Waals surface area (Å²) >= 11 is 1.73. The lowest BCUT2D eigenvalue weighted by Gasteiger charge is -2.07. The maximum Gasteiger partial charge on any atom is 0.290 e. The van der Waals surface area contributed by atoms with Gasteiger partial charge in [0.15, 0.2) is 5.65 Å². The number of hydrogen-bond donors (Lipinski definition) is 1. The van der Waals surface area contributed by atoms with Crippen LogP contribution in [0.1, 0.15) is 47.7 Å². The van der Waals surface area contributed by atoms with Crippen LogP contribution < -0.4 is 5.32 Å². The van der Waals surface area contributed by atoms with Gasteiger partial charge in [0.05, 0.1) is 11.5 Å². The zero-order valence-electron chi connectivity index (χ0n) is 14.4. The van der Waals surface area contributed by atoms with Gasteiger partial charge in [0.2, 0.25) is 5.82 Å². The lowest BCUT2D eigenvalue weighted by Crippen LogP contribution is -2.26. The summed E-state index contributed by atoms with van der Waals surface area (Å²) in [6.07, 6.45) is 5.96. The first kappa shape index (κ1) is 16.4. The summed E-state index contributed by atoms with van der Waals surface area (Å²) in [7, 11) is 0. The average Bonchev–Trinajstić information content (AvgIpc) is 3.26. The van der Waals surface area contributed by atoms with Crippen LogP contribution in [-0.2, 0) is 17.6 Å². The van der Waals surface area contributed by atoms with Gasteiger partial charge in [-0.3, -0.25) is 4.79 Å². The predicted molar refractivity (Wildman–Crippen MR) is 96.2 cm³/mol. The molecule has 3 aromatic heterocycles. The highest BCUT2D eigenvalue weighted by molar-refractivity contribution is 7.19. The maximum atomic E-state index is 12.3. The molecule has 0 saturated carbocycles. The van der Waals surface area contributed by atoms with E-state index in [9.17, 15) is 4.79 Å². The highest BCUT2D eigenvalue weighted by Gasteiger charge is 2.23. The molecule has 0 atom stereocenters. The second-order valence-corrected chi connectivity index (χ2v) is 7.60. The molecule has 0 aliphatic heterocycles. The molecule has 1 amide bonds. The van der Waals surface area contributed by atoms with Crippen LogP contribution in [0.25, 0.3) is 15.9 Å². The smallest absolute Gasteiger partial charge is 0.290 e. The van der Waals surface area contributed by atoms with E-state index < -0.39 is 0 Å². The Kier molecular flexibility index (Phi) is 4.39. The molecular formula is C17H21N5O2S. The molecule has 0 spiro atoms. The number of nitrogens with zero attached hydrogens (tertiary/aromatic N) is 4. The molecule has 4 rings (SSSR count). The molecular weight excluding hydrogens is 338 g/mol. The van der Waals surface area contributed by atoms with Gasteiger partial charge < -0.3 is 10.1 Å². The first-order valence-electron chi connectivity index (χ1n) is 8.69. The largest absolute Gasteiger partial charge is 0.379 e. The molecule has 0 aromatic carbocycles. The third-order valence-corrected chi connectivity index (χ3v) is 5.50. The van der Waals surface area contributed by atoms with E-state index >= 15 is 0 Å². The van der Waals surface area contributed by atoms with Gasteiger partial charge in [-0.15, -0.1) is 16.4 Å². The van der Waals surface area contributed by atoms with Crippen LogP contribution in [0.3, 0.4) is 0 Å². The van der Waals surface area contributed by atoms with E-state index in [0.29, 0.717) is 13.2 Å². The normalized spacial score (nSPS) is 13.9. The predicted octanol–water partition coefficient (Wildman–Crippen LogP) is 2.37. The minimum Gasteiger partial charge on any atom is -0.379 e. The zero-order chi connectivity index (χ0) is 17.4. The van der Waals surface area contributed by atoms with Crippen LogP contribution in [0.5, 0.6) is 0 Å². The Morgan fingerprint density at radius 1 is 1.44 bits per heavy atom. The van der Waals surface area contributed by atoms with Crippen molar-refractivity contribution in [3.63, 3.8) is 0 Å². The number of nitrogens with one attached hydrogen (secondary N) is 1. The summed E-state index contributed by atoms with van der Waals surface area (Å²) in [5.41, 5.74) is 2.07. The number of carbonyl (C=O) groups is 1. The van der Waals surface area contributed by atoms with Crippen molar-refractivity contribution in [3.05, 3.63) is 22.6 Å². The van der Waals surface area contributed by atoms with Gasteiger partial charge >= 0.3 is 0 Å². The maximum absolute atomic E-state index is 12.3. The molecule has 3 aromatic rings. The third-order valence-electron chi connectivity index (χ3n) is 4.30. The topological polar surface area (TPSA) is 81.4 Å². The molecule has 0 unspecified atom stereocenters. The van der Waals surface area contributed by atoms with Gasteiger partial charge in [-0.1, -0.05) is 0 Å². The van der Waals surface area contributed by atoms with E-state index in [1.165, 1.54) is 16.9 Å². The summed E-state index contributed by atoms with van der Waals surface area (Å²) in [4.78, 5) is 23.7. The minimum absolute atomic E-state index is 0.192. The van der Waals surface area contributed by atoms with Crippen LogP contribution in [0, 0.1) is 0 Å². The minimum atomic E-state index is -0.256. The average molecular weight is 359 g/mol. The molecule has 0 radical (unpaired) electrons. The summed E-state index contributed by atoms with van der Waals surface area (Å²) in [6.45, 7) is 5.16.